The molecule has 8 nitrogen and oxygen atoms in total. The lowest BCUT2D eigenvalue weighted by Gasteiger charge is -2.27. The summed E-state index contributed by atoms with van der Waals surface area (Å²) in [5.74, 6) is 0.723. The van der Waals surface area contributed by atoms with Gasteiger partial charge in [0.1, 0.15) is 6.04 Å². The minimum atomic E-state index is -0.265. The van der Waals surface area contributed by atoms with Crippen LogP contribution < -0.4 is 5.56 Å². The van der Waals surface area contributed by atoms with E-state index >= 15 is 0 Å². The maximum atomic E-state index is 13.3. The molecule has 0 saturated carbocycles. The third-order valence-corrected chi connectivity index (χ3v) is 6.58. The van der Waals surface area contributed by atoms with Crippen LogP contribution >= 0.6 is 0 Å². The van der Waals surface area contributed by atoms with E-state index in [1.807, 2.05) is 17.7 Å². The minimum absolute atomic E-state index is 0.0697. The Balaban J connectivity index is 1.61. The van der Waals surface area contributed by atoms with E-state index in [-0.39, 0.29) is 17.7 Å². The standard InChI is InChI=1S/C22H28N6O2/c1-14-7-8-16-12-18(22(29)23-19(16)15(14)2)20(27-9-3-4-10-27)21-24-25-26-28(21)13-17-6-5-11-30-17/h7-8,12,17,20H,3-6,9-11,13H2,1-2H3,(H,23,29)/t17-,20-/m1/s1. The van der Waals surface area contributed by atoms with Crippen LogP contribution in [0.4, 0.5) is 0 Å². The number of nitrogens with zero attached hydrogens (tertiary/aromatic N) is 5. The van der Waals surface area contributed by atoms with Crippen LogP contribution in [-0.4, -0.2) is 55.9 Å². The van der Waals surface area contributed by atoms with Crippen LogP contribution in [0.1, 0.15) is 54.2 Å². The highest BCUT2D eigenvalue weighted by molar-refractivity contribution is 5.83. The van der Waals surface area contributed by atoms with Gasteiger partial charge in [-0.1, -0.05) is 12.1 Å². The van der Waals surface area contributed by atoms with Crippen LogP contribution in [0.2, 0.25) is 0 Å². The number of aromatic amines is 1. The van der Waals surface area contributed by atoms with Crippen LogP contribution in [0.15, 0.2) is 23.0 Å². The molecule has 1 N–H and O–H groups in total. The number of pyridine rings is 1. The van der Waals surface area contributed by atoms with E-state index in [9.17, 15) is 4.79 Å². The smallest absolute Gasteiger partial charge is 0.253 e. The summed E-state index contributed by atoms with van der Waals surface area (Å²) in [6.45, 7) is 7.39. The molecule has 2 aliphatic rings. The van der Waals surface area contributed by atoms with Crippen molar-refractivity contribution in [3.63, 3.8) is 0 Å². The lowest BCUT2D eigenvalue weighted by atomic mass is 10.0. The van der Waals surface area contributed by atoms with Crippen molar-refractivity contribution in [1.29, 1.82) is 0 Å². The number of aromatic nitrogens is 5. The second kappa shape index (κ2) is 7.92. The molecule has 2 fully saturated rings. The molecule has 0 aliphatic carbocycles. The van der Waals surface area contributed by atoms with Gasteiger partial charge in [-0.25, -0.2) is 4.68 Å². The monoisotopic (exact) mass is 408 g/mol. The molecule has 5 rings (SSSR count). The van der Waals surface area contributed by atoms with E-state index in [2.05, 4.69) is 44.5 Å². The molecule has 158 valence electrons. The van der Waals surface area contributed by atoms with Crippen LogP contribution in [0, 0.1) is 13.8 Å². The zero-order valence-electron chi connectivity index (χ0n) is 17.6. The van der Waals surface area contributed by atoms with Crippen LogP contribution in [0.3, 0.4) is 0 Å². The van der Waals surface area contributed by atoms with E-state index in [1.54, 1.807) is 0 Å². The average Bonchev–Trinajstić information content (AvgIpc) is 3.51. The first-order chi connectivity index (χ1) is 14.6. The summed E-state index contributed by atoms with van der Waals surface area (Å²) in [7, 11) is 0. The Bertz CT molecular complexity index is 1110. The Hall–Kier alpha value is -2.58. The number of likely N-dealkylation sites (tertiary alicyclic amines) is 1. The molecule has 30 heavy (non-hydrogen) atoms. The zero-order chi connectivity index (χ0) is 20.7. The molecule has 2 atom stereocenters. The summed E-state index contributed by atoms with van der Waals surface area (Å²) in [5.41, 5.74) is 3.82. The predicted octanol–water partition coefficient (Wildman–Crippen LogP) is 2.50. The molecule has 0 unspecified atom stereocenters. The first kappa shape index (κ1) is 19.4. The Kier molecular flexibility index (Phi) is 5.12. The zero-order valence-corrected chi connectivity index (χ0v) is 17.6. The van der Waals surface area contributed by atoms with Gasteiger partial charge < -0.3 is 9.72 Å². The molecule has 0 spiro atoms. The first-order valence-electron chi connectivity index (χ1n) is 10.9. The number of nitrogens with one attached hydrogen (secondary N) is 1. The molecule has 0 radical (unpaired) electrons. The maximum Gasteiger partial charge on any atom is 0.253 e. The number of tetrazole rings is 1. The number of ether oxygens (including phenoxy) is 1. The van der Waals surface area contributed by atoms with Gasteiger partial charge in [-0.3, -0.25) is 9.69 Å². The Labute approximate surface area is 175 Å². The van der Waals surface area contributed by atoms with Crippen molar-refractivity contribution in [3.8, 4) is 0 Å². The molecule has 0 amide bonds. The van der Waals surface area contributed by atoms with Gasteiger partial charge in [0.2, 0.25) is 0 Å². The normalized spacial score (nSPS) is 20.9. The molecule has 2 aliphatic heterocycles. The van der Waals surface area contributed by atoms with Crippen molar-refractivity contribution < 1.29 is 4.74 Å². The van der Waals surface area contributed by atoms with E-state index in [0.717, 1.165) is 67.7 Å². The summed E-state index contributed by atoms with van der Waals surface area (Å²) in [6.07, 6.45) is 4.46. The third kappa shape index (κ3) is 3.44. The van der Waals surface area contributed by atoms with Crippen molar-refractivity contribution in [1.82, 2.24) is 30.1 Å². The van der Waals surface area contributed by atoms with Crippen LogP contribution in [0.5, 0.6) is 0 Å². The van der Waals surface area contributed by atoms with Gasteiger partial charge in [0.15, 0.2) is 5.82 Å². The molecular weight excluding hydrogens is 380 g/mol. The molecular formula is C22H28N6O2. The number of hydrogen-bond acceptors (Lipinski definition) is 6. The van der Waals surface area contributed by atoms with Crippen molar-refractivity contribution in [3.05, 3.63) is 51.1 Å². The first-order valence-corrected chi connectivity index (χ1v) is 10.9. The number of benzene rings is 1. The Morgan fingerprint density at radius 1 is 1.23 bits per heavy atom. The molecule has 0 bridgehead atoms. The summed E-state index contributed by atoms with van der Waals surface area (Å²) in [5, 5.41) is 13.6. The highest BCUT2D eigenvalue weighted by atomic mass is 16.5. The number of H-pyrrole nitrogens is 1. The van der Waals surface area contributed by atoms with E-state index in [1.165, 1.54) is 5.56 Å². The quantitative estimate of drug-likeness (QED) is 0.698. The summed E-state index contributed by atoms with van der Waals surface area (Å²) in [6, 6.07) is 5.94. The molecule has 2 aromatic heterocycles. The number of fused-ring (bicyclic) bond motifs is 1. The largest absolute Gasteiger partial charge is 0.376 e. The van der Waals surface area contributed by atoms with E-state index in [0.29, 0.717) is 12.1 Å². The fourth-order valence-corrected chi connectivity index (χ4v) is 4.76. The summed E-state index contributed by atoms with van der Waals surface area (Å²) in [4.78, 5) is 18.7. The number of hydrogen-bond donors (Lipinski definition) is 1. The van der Waals surface area contributed by atoms with Gasteiger partial charge in [0.05, 0.1) is 18.2 Å². The molecule has 2 saturated heterocycles. The van der Waals surface area contributed by atoms with Crippen LogP contribution in [-0.2, 0) is 11.3 Å². The fraction of sp³-hybridized carbons (Fsp3) is 0.545. The van der Waals surface area contributed by atoms with Gasteiger partial charge >= 0.3 is 0 Å². The van der Waals surface area contributed by atoms with Gasteiger partial charge in [-0.15, -0.1) is 5.10 Å². The maximum absolute atomic E-state index is 13.3. The second-order valence-corrected chi connectivity index (χ2v) is 8.53. The predicted molar refractivity (Wildman–Crippen MR) is 113 cm³/mol. The molecule has 4 heterocycles. The Morgan fingerprint density at radius 2 is 2.07 bits per heavy atom. The SMILES string of the molecule is Cc1ccc2cc([C@H](c3nnnn3C[C@H]3CCCO3)N3CCCC3)c(=O)[nH]c2c1C. The lowest BCUT2D eigenvalue weighted by Crippen LogP contribution is -2.34. The van der Waals surface area contributed by atoms with E-state index < -0.39 is 0 Å². The third-order valence-electron chi connectivity index (χ3n) is 6.58. The van der Waals surface area contributed by atoms with Crippen molar-refractivity contribution >= 4 is 10.9 Å². The summed E-state index contributed by atoms with van der Waals surface area (Å²) >= 11 is 0. The number of aryl methyl sites for hydroxylation is 2. The summed E-state index contributed by atoms with van der Waals surface area (Å²) < 4.78 is 7.64. The van der Waals surface area contributed by atoms with Crippen molar-refractivity contribution in [2.45, 2.75) is 58.2 Å². The van der Waals surface area contributed by atoms with Gasteiger partial charge in [-0.05, 0) is 85.6 Å². The fourth-order valence-electron chi connectivity index (χ4n) is 4.76. The highest BCUT2D eigenvalue weighted by Crippen LogP contribution is 2.31. The molecule has 1 aromatic carbocycles. The van der Waals surface area contributed by atoms with Gasteiger partial charge in [0.25, 0.3) is 5.56 Å². The highest BCUT2D eigenvalue weighted by Gasteiger charge is 2.33. The number of rotatable bonds is 5. The lowest BCUT2D eigenvalue weighted by molar-refractivity contribution is 0.0912. The van der Waals surface area contributed by atoms with Gasteiger partial charge in [0, 0.05) is 12.2 Å². The molecule has 8 heteroatoms. The Morgan fingerprint density at radius 3 is 2.83 bits per heavy atom. The second-order valence-electron chi connectivity index (χ2n) is 8.53. The van der Waals surface area contributed by atoms with Crippen LogP contribution in [0.25, 0.3) is 10.9 Å². The topological polar surface area (TPSA) is 88.9 Å². The van der Waals surface area contributed by atoms with Crippen molar-refractivity contribution in [2.75, 3.05) is 19.7 Å². The van der Waals surface area contributed by atoms with Gasteiger partial charge in [-0.2, -0.15) is 0 Å². The van der Waals surface area contributed by atoms with E-state index in [4.69, 9.17) is 4.74 Å². The van der Waals surface area contributed by atoms with Crippen molar-refractivity contribution in [2.24, 2.45) is 0 Å². The average molecular weight is 409 g/mol. The minimum Gasteiger partial charge on any atom is -0.376 e. The molecule has 3 aromatic rings.